The number of ether oxygens (including phenoxy) is 2. The van der Waals surface area contributed by atoms with Crippen molar-refractivity contribution in [2.75, 3.05) is 20.8 Å². The van der Waals surface area contributed by atoms with Gasteiger partial charge in [0.15, 0.2) is 11.5 Å². The fourth-order valence-corrected chi connectivity index (χ4v) is 2.27. The number of nitrogens with one attached hydrogen (secondary N) is 1. The van der Waals surface area contributed by atoms with Gasteiger partial charge in [-0.1, -0.05) is 15.9 Å². The number of fused-ring (bicyclic) bond motifs is 1. The Morgan fingerprint density at radius 3 is 3.00 bits per heavy atom. The number of rotatable bonds is 2. The molecule has 2 rings (SSSR count). The smallest absolute Gasteiger partial charge is 0.164 e. The van der Waals surface area contributed by atoms with Gasteiger partial charge < -0.3 is 14.8 Å². The minimum atomic E-state index is 0.386. The summed E-state index contributed by atoms with van der Waals surface area (Å²) in [6.07, 6.45) is 0.974. The average molecular weight is 272 g/mol. The van der Waals surface area contributed by atoms with Gasteiger partial charge in [-0.05, 0) is 25.6 Å². The van der Waals surface area contributed by atoms with Gasteiger partial charge in [-0.15, -0.1) is 0 Å². The van der Waals surface area contributed by atoms with Gasteiger partial charge in [-0.25, -0.2) is 0 Å². The third-order valence-corrected chi connectivity index (χ3v) is 3.08. The molecular formula is C11H14BrNO2. The number of methoxy groups -OCH3 is 1. The van der Waals surface area contributed by atoms with Gasteiger partial charge in [0, 0.05) is 16.1 Å². The molecule has 4 heteroatoms. The Kier molecular flexibility index (Phi) is 3.17. The van der Waals surface area contributed by atoms with Crippen LogP contribution in [0.25, 0.3) is 0 Å². The lowest BCUT2D eigenvalue weighted by Gasteiger charge is -2.26. The first-order valence-electron chi connectivity index (χ1n) is 4.91. The van der Waals surface area contributed by atoms with Crippen LogP contribution in [0.4, 0.5) is 0 Å². The molecule has 3 nitrogen and oxygen atoms in total. The molecule has 0 unspecified atom stereocenters. The second-order valence-corrected chi connectivity index (χ2v) is 4.51. The summed E-state index contributed by atoms with van der Waals surface area (Å²) >= 11 is 3.47. The van der Waals surface area contributed by atoms with Crippen LogP contribution in [0.15, 0.2) is 16.6 Å². The van der Waals surface area contributed by atoms with E-state index in [0.29, 0.717) is 12.6 Å². The van der Waals surface area contributed by atoms with E-state index >= 15 is 0 Å². The minimum absolute atomic E-state index is 0.386. The van der Waals surface area contributed by atoms with Crippen LogP contribution in [0, 0.1) is 0 Å². The van der Waals surface area contributed by atoms with Crippen LogP contribution < -0.4 is 14.8 Å². The zero-order chi connectivity index (χ0) is 10.8. The number of hydrogen-bond donors (Lipinski definition) is 1. The second kappa shape index (κ2) is 4.41. The van der Waals surface area contributed by atoms with Crippen molar-refractivity contribution in [3.05, 3.63) is 22.2 Å². The van der Waals surface area contributed by atoms with Crippen molar-refractivity contribution in [1.82, 2.24) is 5.32 Å². The molecule has 1 aromatic carbocycles. The topological polar surface area (TPSA) is 30.5 Å². The predicted molar refractivity (Wildman–Crippen MR) is 62.7 cm³/mol. The molecule has 1 aliphatic rings. The monoisotopic (exact) mass is 271 g/mol. The summed E-state index contributed by atoms with van der Waals surface area (Å²) in [6.45, 7) is 0.696. The van der Waals surface area contributed by atoms with Crippen LogP contribution in [-0.2, 0) is 6.42 Å². The van der Waals surface area contributed by atoms with Gasteiger partial charge in [-0.2, -0.15) is 0 Å². The Morgan fingerprint density at radius 2 is 2.33 bits per heavy atom. The molecule has 0 fully saturated rings. The first kappa shape index (κ1) is 10.8. The number of hydrogen-bond acceptors (Lipinski definition) is 3. The van der Waals surface area contributed by atoms with Gasteiger partial charge in [0.25, 0.3) is 0 Å². The lowest BCUT2D eigenvalue weighted by atomic mass is 10.0. The zero-order valence-corrected chi connectivity index (χ0v) is 10.4. The van der Waals surface area contributed by atoms with Crippen LogP contribution in [-0.4, -0.2) is 26.8 Å². The number of likely N-dealkylation sites (N-methyl/N-ethyl adjacent to an activating group) is 1. The van der Waals surface area contributed by atoms with E-state index in [-0.39, 0.29) is 0 Å². The van der Waals surface area contributed by atoms with Crippen molar-refractivity contribution >= 4 is 15.9 Å². The molecule has 0 spiro atoms. The molecule has 0 aliphatic carbocycles. The highest BCUT2D eigenvalue weighted by molar-refractivity contribution is 9.10. The van der Waals surface area contributed by atoms with Gasteiger partial charge in [0.05, 0.1) is 7.11 Å². The van der Waals surface area contributed by atoms with E-state index in [2.05, 4.69) is 27.3 Å². The molecule has 0 radical (unpaired) electrons. The van der Waals surface area contributed by atoms with Crippen molar-refractivity contribution in [1.29, 1.82) is 0 Å². The molecule has 0 bridgehead atoms. The van der Waals surface area contributed by atoms with E-state index in [4.69, 9.17) is 9.47 Å². The summed E-state index contributed by atoms with van der Waals surface area (Å²) in [4.78, 5) is 0. The molecule has 0 saturated heterocycles. The predicted octanol–water partition coefficient (Wildman–Crippen LogP) is 1.98. The first-order chi connectivity index (χ1) is 7.24. The summed E-state index contributed by atoms with van der Waals surface area (Å²) in [7, 11) is 3.61. The van der Waals surface area contributed by atoms with E-state index < -0.39 is 0 Å². The highest BCUT2D eigenvalue weighted by Gasteiger charge is 2.22. The van der Waals surface area contributed by atoms with E-state index in [0.717, 1.165) is 22.4 Å². The van der Waals surface area contributed by atoms with Crippen LogP contribution in [0.1, 0.15) is 5.56 Å². The van der Waals surface area contributed by atoms with E-state index in [1.54, 1.807) is 7.11 Å². The molecule has 1 atom stereocenters. The normalized spacial score (nSPS) is 19.3. The van der Waals surface area contributed by atoms with Crippen molar-refractivity contribution < 1.29 is 9.47 Å². The standard InChI is InChI=1S/C11H14BrNO2/c1-13-9-4-7-3-8(12)5-10(14-2)11(7)15-6-9/h3,5,9,13H,4,6H2,1-2H3/t9-/m0/s1. The molecule has 1 N–H and O–H groups in total. The first-order valence-corrected chi connectivity index (χ1v) is 5.70. The van der Waals surface area contributed by atoms with E-state index in [1.165, 1.54) is 5.56 Å². The largest absolute Gasteiger partial charge is 0.493 e. The maximum Gasteiger partial charge on any atom is 0.164 e. The lowest BCUT2D eigenvalue weighted by Crippen LogP contribution is -2.36. The Bertz CT molecular complexity index is 368. The molecular weight excluding hydrogens is 258 g/mol. The zero-order valence-electron chi connectivity index (χ0n) is 8.84. The molecule has 15 heavy (non-hydrogen) atoms. The van der Waals surface area contributed by atoms with Crippen LogP contribution in [0.5, 0.6) is 11.5 Å². The van der Waals surface area contributed by atoms with E-state index in [1.807, 2.05) is 13.1 Å². The van der Waals surface area contributed by atoms with Crippen molar-refractivity contribution in [3.63, 3.8) is 0 Å². The summed E-state index contributed by atoms with van der Waals surface area (Å²) in [5.74, 6) is 1.68. The average Bonchev–Trinajstić information content (AvgIpc) is 2.26. The molecule has 1 heterocycles. The molecule has 82 valence electrons. The SMILES string of the molecule is CN[C@@H]1COc2c(cc(Br)cc2OC)C1. The fourth-order valence-electron chi connectivity index (χ4n) is 1.78. The van der Waals surface area contributed by atoms with Crippen LogP contribution >= 0.6 is 15.9 Å². The fraction of sp³-hybridized carbons (Fsp3) is 0.455. The summed E-state index contributed by atoms with van der Waals surface area (Å²) in [5, 5.41) is 3.22. The summed E-state index contributed by atoms with van der Waals surface area (Å²) in [5.41, 5.74) is 1.19. The molecule has 0 amide bonds. The third-order valence-electron chi connectivity index (χ3n) is 2.62. The summed E-state index contributed by atoms with van der Waals surface area (Å²) in [6, 6.07) is 4.40. The quantitative estimate of drug-likeness (QED) is 0.893. The molecule has 0 saturated carbocycles. The third kappa shape index (κ3) is 2.11. The van der Waals surface area contributed by atoms with Crippen molar-refractivity contribution in [3.8, 4) is 11.5 Å². The van der Waals surface area contributed by atoms with Gasteiger partial charge in [0.2, 0.25) is 0 Å². The minimum Gasteiger partial charge on any atom is -0.493 e. The maximum absolute atomic E-state index is 5.70. The van der Waals surface area contributed by atoms with Crippen LogP contribution in [0.2, 0.25) is 0 Å². The second-order valence-electron chi connectivity index (χ2n) is 3.60. The van der Waals surface area contributed by atoms with Crippen molar-refractivity contribution in [2.24, 2.45) is 0 Å². The number of halogens is 1. The van der Waals surface area contributed by atoms with E-state index in [9.17, 15) is 0 Å². The number of benzene rings is 1. The Hall–Kier alpha value is -0.740. The van der Waals surface area contributed by atoms with Gasteiger partial charge >= 0.3 is 0 Å². The molecule has 1 aromatic rings. The van der Waals surface area contributed by atoms with Gasteiger partial charge in [0.1, 0.15) is 6.61 Å². The summed E-state index contributed by atoms with van der Waals surface area (Å²) < 4.78 is 12.0. The molecule has 0 aromatic heterocycles. The highest BCUT2D eigenvalue weighted by atomic mass is 79.9. The maximum atomic E-state index is 5.70. The Balaban J connectivity index is 2.38. The highest BCUT2D eigenvalue weighted by Crippen LogP contribution is 2.37. The van der Waals surface area contributed by atoms with Gasteiger partial charge in [-0.3, -0.25) is 0 Å². The van der Waals surface area contributed by atoms with Crippen molar-refractivity contribution in [2.45, 2.75) is 12.5 Å². The molecule has 1 aliphatic heterocycles. The Labute approximate surface area is 97.9 Å². The Morgan fingerprint density at radius 1 is 1.53 bits per heavy atom. The lowest BCUT2D eigenvalue weighted by molar-refractivity contribution is 0.233. The van der Waals surface area contributed by atoms with Crippen LogP contribution in [0.3, 0.4) is 0 Å².